The van der Waals surface area contributed by atoms with Gasteiger partial charge in [-0.15, -0.1) is 0 Å². The number of nitrogens with zero attached hydrogens (tertiary/aromatic N) is 3. The fourth-order valence-electron chi connectivity index (χ4n) is 1.83. The molecule has 2 rings (SSSR count). The molecule has 2 aromatic rings. The second-order valence-corrected chi connectivity index (χ2v) is 11.9. The molecule has 1 heterocycles. The van der Waals surface area contributed by atoms with E-state index in [9.17, 15) is 0 Å². The van der Waals surface area contributed by atoms with Crippen LogP contribution in [0, 0.1) is 0 Å². The Morgan fingerprint density at radius 2 is 1.86 bits per heavy atom. The molecule has 0 aliphatic rings. The van der Waals surface area contributed by atoms with E-state index in [1.54, 1.807) is 11.0 Å². The molecule has 120 valence electrons. The van der Waals surface area contributed by atoms with Gasteiger partial charge in [-0.3, -0.25) is 0 Å². The van der Waals surface area contributed by atoms with Gasteiger partial charge in [-0.05, 0) is 35.8 Å². The number of benzene rings is 1. The highest BCUT2D eigenvalue weighted by Gasteiger charge is 2.37. The summed E-state index contributed by atoms with van der Waals surface area (Å²) in [7, 11) is -1.76. The number of nitrogens with two attached hydrogens (primary N) is 1. The molecule has 0 radical (unpaired) electrons. The lowest BCUT2D eigenvalue weighted by Crippen LogP contribution is -2.42. The van der Waals surface area contributed by atoms with Crippen LogP contribution in [0.4, 0.5) is 0 Å². The minimum atomic E-state index is -1.76. The van der Waals surface area contributed by atoms with Crippen LogP contribution in [0.15, 0.2) is 36.9 Å². The summed E-state index contributed by atoms with van der Waals surface area (Å²) in [5.41, 5.74) is 8.32. The Kier molecular flexibility index (Phi) is 4.84. The van der Waals surface area contributed by atoms with Gasteiger partial charge in [-0.1, -0.05) is 32.9 Å². The molecule has 0 spiro atoms. The number of rotatable bonds is 5. The normalized spacial score (nSPS) is 14.1. The Morgan fingerprint density at radius 3 is 2.36 bits per heavy atom. The van der Waals surface area contributed by atoms with Gasteiger partial charge in [0.05, 0.1) is 18.3 Å². The molecule has 0 aliphatic carbocycles. The van der Waals surface area contributed by atoms with Crippen LogP contribution in [-0.4, -0.2) is 29.7 Å². The number of hydrogen-bond donors (Lipinski definition) is 1. The number of aromatic nitrogens is 3. The lowest BCUT2D eigenvalue weighted by Gasteiger charge is -2.37. The van der Waals surface area contributed by atoms with Crippen molar-refractivity contribution in [2.75, 3.05) is 6.61 Å². The van der Waals surface area contributed by atoms with Crippen molar-refractivity contribution < 1.29 is 4.43 Å². The molecule has 0 saturated heterocycles. The van der Waals surface area contributed by atoms with E-state index in [4.69, 9.17) is 10.2 Å². The Balaban J connectivity index is 2.00. The van der Waals surface area contributed by atoms with Gasteiger partial charge in [0, 0.05) is 0 Å². The van der Waals surface area contributed by atoms with Gasteiger partial charge in [-0.2, -0.15) is 5.10 Å². The van der Waals surface area contributed by atoms with Gasteiger partial charge < -0.3 is 10.2 Å². The summed E-state index contributed by atoms with van der Waals surface area (Å²) in [6, 6.07) is 7.93. The number of hydrogen-bond acceptors (Lipinski definition) is 4. The molecule has 0 fully saturated rings. The molecule has 0 bridgehead atoms. The first-order valence-corrected chi connectivity index (χ1v) is 10.5. The van der Waals surface area contributed by atoms with E-state index in [-0.39, 0.29) is 11.1 Å². The smallest absolute Gasteiger partial charge is 0.192 e. The fraction of sp³-hybridized carbons (Fsp3) is 0.500. The van der Waals surface area contributed by atoms with Crippen molar-refractivity contribution >= 4 is 8.32 Å². The van der Waals surface area contributed by atoms with Crippen molar-refractivity contribution in [3.05, 3.63) is 42.5 Å². The third-order valence-corrected chi connectivity index (χ3v) is 8.94. The average molecular weight is 318 g/mol. The summed E-state index contributed by atoms with van der Waals surface area (Å²) < 4.78 is 7.92. The molecular weight excluding hydrogens is 292 g/mol. The van der Waals surface area contributed by atoms with Crippen LogP contribution < -0.4 is 5.73 Å². The quantitative estimate of drug-likeness (QED) is 0.859. The minimum absolute atomic E-state index is 0.112. The predicted molar refractivity (Wildman–Crippen MR) is 91.4 cm³/mol. The van der Waals surface area contributed by atoms with Gasteiger partial charge in [0.25, 0.3) is 0 Å². The van der Waals surface area contributed by atoms with Crippen molar-refractivity contribution in [3.8, 4) is 5.69 Å². The van der Waals surface area contributed by atoms with Crippen LogP contribution in [0.1, 0.15) is 32.4 Å². The fourth-order valence-corrected chi connectivity index (χ4v) is 2.86. The van der Waals surface area contributed by atoms with Crippen molar-refractivity contribution in [3.63, 3.8) is 0 Å². The van der Waals surface area contributed by atoms with E-state index in [1.165, 1.54) is 6.33 Å². The largest absolute Gasteiger partial charge is 0.415 e. The zero-order valence-corrected chi connectivity index (χ0v) is 15.1. The molecule has 0 saturated carbocycles. The molecular formula is C16H26N4OSi. The van der Waals surface area contributed by atoms with Crippen molar-refractivity contribution in [1.29, 1.82) is 0 Å². The highest BCUT2D eigenvalue weighted by molar-refractivity contribution is 6.74. The third-order valence-electron chi connectivity index (χ3n) is 4.43. The first kappa shape index (κ1) is 16.9. The molecule has 1 aromatic heterocycles. The van der Waals surface area contributed by atoms with Gasteiger partial charge in [-0.25, -0.2) is 9.67 Å². The predicted octanol–water partition coefficient (Wildman–Crippen LogP) is 3.29. The molecule has 0 unspecified atom stereocenters. The summed E-state index contributed by atoms with van der Waals surface area (Å²) in [6.45, 7) is 11.7. The van der Waals surface area contributed by atoms with Crippen LogP contribution in [0.3, 0.4) is 0 Å². The van der Waals surface area contributed by atoms with Crippen LogP contribution >= 0.6 is 0 Å². The maximum atomic E-state index is 6.28. The van der Waals surface area contributed by atoms with Crippen LogP contribution in [0.25, 0.3) is 5.69 Å². The Labute approximate surface area is 133 Å². The maximum Gasteiger partial charge on any atom is 0.192 e. The van der Waals surface area contributed by atoms with E-state index in [0.717, 1.165) is 11.3 Å². The van der Waals surface area contributed by atoms with Crippen molar-refractivity contribution in [2.24, 2.45) is 5.73 Å². The van der Waals surface area contributed by atoms with E-state index in [1.807, 2.05) is 24.3 Å². The minimum Gasteiger partial charge on any atom is -0.415 e. The zero-order chi connectivity index (χ0) is 16.4. The SMILES string of the molecule is CC(C)(C)[Si](C)(C)OC[C@H](N)c1ccc(-n2cncn2)cc1. The molecule has 0 amide bonds. The Bertz CT molecular complexity index is 588. The van der Waals surface area contributed by atoms with E-state index in [2.05, 4.69) is 43.9 Å². The van der Waals surface area contributed by atoms with Gasteiger partial charge in [0.2, 0.25) is 0 Å². The van der Waals surface area contributed by atoms with Crippen LogP contribution in [0.5, 0.6) is 0 Å². The Hall–Kier alpha value is -1.50. The highest BCUT2D eigenvalue weighted by atomic mass is 28.4. The molecule has 6 heteroatoms. The first-order chi connectivity index (χ1) is 10.2. The van der Waals surface area contributed by atoms with Crippen LogP contribution in [0.2, 0.25) is 18.1 Å². The van der Waals surface area contributed by atoms with Gasteiger partial charge >= 0.3 is 0 Å². The second-order valence-electron chi connectivity index (χ2n) is 7.11. The summed E-state index contributed by atoms with van der Waals surface area (Å²) >= 11 is 0. The lowest BCUT2D eigenvalue weighted by atomic mass is 10.1. The van der Waals surface area contributed by atoms with Gasteiger partial charge in [0.1, 0.15) is 12.7 Å². The maximum absolute atomic E-state index is 6.28. The highest BCUT2D eigenvalue weighted by Crippen LogP contribution is 2.36. The molecule has 1 aromatic carbocycles. The lowest BCUT2D eigenvalue weighted by molar-refractivity contribution is 0.264. The molecule has 22 heavy (non-hydrogen) atoms. The molecule has 5 nitrogen and oxygen atoms in total. The summed E-state index contributed by atoms with van der Waals surface area (Å²) in [4.78, 5) is 3.95. The summed E-state index contributed by atoms with van der Waals surface area (Å²) in [5.74, 6) is 0. The third kappa shape index (κ3) is 3.82. The summed E-state index contributed by atoms with van der Waals surface area (Å²) in [6.07, 6.45) is 3.20. The van der Waals surface area contributed by atoms with E-state index >= 15 is 0 Å². The summed E-state index contributed by atoms with van der Waals surface area (Å²) in [5, 5.41) is 4.31. The Morgan fingerprint density at radius 1 is 1.23 bits per heavy atom. The van der Waals surface area contributed by atoms with Crippen LogP contribution in [-0.2, 0) is 4.43 Å². The zero-order valence-electron chi connectivity index (χ0n) is 14.1. The topological polar surface area (TPSA) is 66.0 Å². The van der Waals surface area contributed by atoms with Crippen molar-refractivity contribution in [2.45, 2.75) is 44.9 Å². The average Bonchev–Trinajstić information content (AvgIpc) is 2.98. The second kappa shape index (κ2) is 6.32. The van der Waals surface area contributed by atoms with E-state index in [0.29, 0.717) is 6.61 Å². The first-order valence-electron chi connectivity index (χ1n) is 7.55. The van der Waals surface area contributed by atoms with Gasteiger partial charge in [0.15, 0.2) is 8.32 Å². The molecule has 1 atom stereocenters. The van der Waals surface area contributed by atoms with Crippen molar-refractivity contribution in [1.82, 2.24) is 14.8 Å². The standard InChI is InChI=1S/C16H26N4OSi/c1-16(2,3)22(4,5)21-10-15(17)13-6-8-14(9-7-13)20-12-18-11-19-20/h6-9,11-12,15H,10,17H2,1-5H3/t15-/m0/s1. The monoisotopic (exact) mass is 318 g/mol. The molecule has 2 N–H and O–H groups in total. The molecule has 0 aliphatic heterocycles. The van der Waals surface area contributed by atoms with E-state index < -0.39 is 8.32 Å².